The highest BCUT2D eigenvalue weighted by atomic mass is 16.5. The lowest BCUT2D eigenvalue weighted by atomic mass is 10.1. The molecule has 0 aliphatic heterocycles. The molecule has 100 valence electrons. The molecule has 3 N–H and O–H groups in total. The minimum atomic E-state index is -0.379. The van der Waals surface area contributed by atoms with Crippen LogP contribution in [0.1, 0.15) is 21.7 Å². The molecule has 2 aromatic rings. The summed E-state index contributed by atoms with van der Waals surface area (Å²) in [6.07, 6.45) is 3.28. The maximum absolute atomic E-state index is 12.0. The quantitative estimate of drug-likeness (QED) is 0.775. The van der Waals surface area contributed by atoms with Crippen LogP contribution in [0.5, 0.6) is 11.5 Å². The summed E-state index contributed by atoms with van der Waals surface area (Å²) in [5.41, 5.74) is 1.02. The monoisotopic (exact) mass is 261 g/mol. The summed E-state index contributed by atoms with van der Waals surface area (Å²) in [4.78, 5) is 18.9. The molecule has 0 spiro atoms. The van der Waals surface area contributed by atoms with Crippen molar-refractivity contribution in [3.8, 4) is 11.5 Å². The van der Waals surface area contributed by atoms with Crippen LogP contribution in [0.15, 0.2) is 24.5 Å². The van der Waals surface area contributed by atoms with Crippen LogP contribution in [0.3, 0.4) is 0 Å². The van der Waals surface area contributed by atoms with Crippen molar-refractivity contribution in [2.45, 2.75) is 13.5 Å². The number of amides is 1. The Kier molecular flexibility index (Phi) is 3.70. The van der Waals surface area contributed by atoms with Gasteiger partial charge < -0.3 is 20.1 Å². The number of aromatic hydroxyl groups is 1. The number of H-pyrrole nitrogens is 1. The van der Waals surface area contributed by atoms with E-state index >= 15 is 0 Å². The van der Waals surface area contributed by atoms with E-state index in [2.05, 4.69) is 15.3 Å². The topological polar surface area (TPSA) is 87.2 Å². The number of hydrogen-bond acceptors (Lipinski definition) is 4. The van der Waals surface area contributed by atoms with Gasteiger partial charge in [-0.05, 0) is 24.6 Å². The molecule has 6 heteroatoms. The van der Waals surface area contributed by atoms with Crippen molar-refractivity contribution < 1.29 is 14.6 Å². The van der Waals surface area contributed by atoms with Gasteiger partial charge in [0.2, 0.25) is 0 Å². The van der Waals surface area contributed by atoms with Crippen molar-refractivity contribution in [2.75, 3.05) is 7.11 Å². The molecule has 1 aromatic carbocycles. The first-order chi connectivity index (χ1) is 9.11. The third-order valence-electron chi connectivity index (χ3n) is 2.66. The van der Waals surface area contributed by atoms with Crippen LogP contribution < -0.4 is 10.1 Å². The number of rotatable bonds is 4. The van der Waals surface area contributed by atoms with Crippen LogP contribution in [0.2, 0.25) is 0 Å². The van der Waals surface area contributed by atoms with Gasteiger partial charge in [0.1, 0.15) is 5.82 Å². The standard InChI is InChI=1S/C13H15N3O3/c1-8-5-9(12(17)10(6-8)19-2)13(18)16-7-11-14-3-4-15-11/h3-6,17H,7H2,1-2H3,(H,14,15)(H,16,18). The Labute approximate surface area is 110 Å². The molecule has 1 heterocycles. The van der Waals surface area contributed by atoms with Gasteiger partial charge in [0, 0.05) is 12.4 Å². The number of methoxy groups -OCH3 is 1. The number of aromatic nitrogens is 2. The van der Waals surface area contributed by atoms with Gasteiger partial charge in [-0.25, -0.2) is 4.98 Å². The van der Waals surface area contributed by atoms with E-state index in [1.54, 1.807) is 24.5 Å². The molecule has 0 bridgehead atoms. The molecule has 0 aliphatic carbocycles. The maximum atomic E-state index is 12.0. The number of phenolic OH excluding ortho intramolecular Hbond substituents is 1. The van der Waals surface area contributed by atoms with Crippen molar-refractivity contribution in [3.63, 3.8) is 0 Å². The summed E-state index contributed by atoms with van der Waals surface area (Å²) in [5, 5.41) is 12.6. The largest absolute Gasteiger partial charge is 0.504 e. The first-order valence-electron chi connectivity index (χ1n) is 5.76. The van der Waals surface area contributed by atoms with Crippen molar-refractivity contribution >= 4 is 5.91 Å². The van der Waals surface area contributed by atoms with E-state index in [-0.39, 0.29) is 29.5 Å². The smallest absolute Gasteiger partial charge is 0.255 e. The second-order valence-corrected chi connectivity index (χ2v) is 4.08. The minimum absolute atomic E-state index is 0.162. The molecule has 0 aliphatic rings. The predicted octanol–water partition coefficient (Wildman–Crippen LogP) is 1.36. The zero-order valence-electron chi connectivity index (χ0n) is 10.7. The normalized spacial score (nSPS) is 10.2. The fraction of sp³-hybridized carbons (Fsp3) is 0.231. The average Bonchev–Trinajstić information content (AvgIpc) is 2.91. The SMILES string of the molecule is COc1cc(C)cc(C(=O)NCc2ncc[nH]2)c1O. The molecule has 1 amide bonds. The number of carbonyl (C=O) groups is 1. The summed E-state index contributed by atoms with van der Waals surface area (Å²) in [6, 6.07) is 3.27. The summed E-state index contributed by atoms with van der Waals surface area (Å²) in [5.74, 6) is 0.386. The molecule has 0 saturated heterocycles. The highest BCUT2D eigenvalue weighted by Crippen LogP contribution is 2.31. The Morgan fingerprint density at radius 1 is 1.53 bits per heavy atom. The maximum Gasteiger partial charge on any atom is 0.255 e. The number of benzene rings is 1. The van der Waals surface area contributed by atoms with Gasteiger partial charge >= 0.3 is 0 Å². The molecular formula is C13H15N3O3. The number of carbonyl (C=O) groups excluding carboxylic acids is 1. The Morgan fingerprint density at radius 3 is 2.95 bits per heavy atom. The first-order valence-corrected chi connectivity index (χ1v) is 5.76. The Hall–Kier alpha value is -2.50. The zero-order valence-corrected chi connectivity index (χ0v) is 10.7. The second-order valence-electron chi connectivity index (χ2n) is 4.08. The molecule has 0 saturated carbocycles. The summed E-state index contributed by atoms with van der Waals surface area (Å²) in [7, 11) is 1.44. The van der Waals surface area contributed by atoms with Gasteiger partial charge in [-0.2, -0.15) is 0 Å². The van der Waals surface area contributed by atoms with Crippen LogP contribution in [0.4, 0.5) is 0 Å². The van der Waals surface area contributed by atoms with Gasteiger partial charge in [0.25, 0.3) is 5.91 Å². The fourth-order valence-electron chi connectivity index (χ4n) is 1.73. The third-order valence-corrected chi connectivity index (χ3v) is 2.66. The first kappa shape index (κ1) is 12.9. The summed E-state index contributed by atoms with van der Waals surface area (Å²) < 4.78 is 5.02. The molecule has 0 atom stereocenters. The third kappa shape index (κ3) is 2.85. The van der Waals surface area contributed by atoms with Gasteiger partial charge in [-0.1, -0.05) is 0 Å². The molecule has 2 rings (SSSR count). The zero-order chi connectivity index (χ0) is 13.8. The molecule has 0 radical (unpaired) electrons. The molecular weight excluding hydrogens is 246 g/mol. The number of aromatic amines is 1. The van der Waals surface area contributed by atoms with Crippen LogP contribution in [-0.4, -0.2) is 28.1 Å². The average molecular weight is 261 g/mol. The fourth-order valence-corrected chi connectivity index (χ4v) is 1.73. The molecule has 1 aromatic heterocycles. The van der Waals surface area contributed by atoms with E-state index in [4.69, 9.17) is 4.74 Å². The van der Waals surface area contributed by atoms with E-state index < -0.39 is 0 Å². The van der Waals surface area contributed by atoms with E-state index in [1.807, 2.05) is 6.92 Å². The van der Waals surface area contributed by atoms with E-state index in [9.17, 15) is 9.90 Å². The lowest BCUT2D eigenvalue weighted by molar-refractivity contribution is 0.0946. The molecule has 6 nitrogen and oxygen atoms in total. The van der Waals surface area contributed by atoms with Gasteiger partial charge in [0.05, 0.1) is 19.2 Å². The number of aryl methyl sites for hydroxylation is 1. The number of nitrogens with zero attached hydrogens (tertiary/aromatic N) is 1. The van der Waals surface area contributed by atoms with Crippen molar-refractivity contribution in [3.05, 3.63) is 41.5 Å². The van der Waals surface area contributed by atoms with Crippen molar-refractivity contribution in [1.82, 2.24) is 15.3 Å². The minimum Gasteiger partial charge on any atom is -0.504 e. The number of nitrogens with one attached hydrogen (secondary N) is 2. The highest BCUT2D eigenvalue weighted by Gasteiger charge is 2.16. The highest BCUT2D eigenvalue weighted by molar-refractivity contribution is 5.97. The van der Waals surface area contributed by atoms with Crippen LogP contribution >= 0.6 is 0 Å². The van der Waals surface area contributed by atoms with Crippen LogP contribution in [0, 0.1) is 6.92 Å². The number of ether oxygens (including phenoxy) is 1. The number of phenols is 1. The summed E-state index contributed by atoms with van der Waals surface area (Å²) in [6.45, 7) is 2.09. The van der Waals surface area contributed by atoms with Gasteiger partial charge in [-0.15, -0.1) is 0 Å². The van der Waals surface area contributed by atoms with E-state index in [0.717, 1.165) is 5.56 Å². The van der Waals surface area contributed by atoms with E-state index in [1.165, 1.54) is 7.11 Å². The Bertz CT molecular complexity index is 579. The Balaban J connectivity index is 2.16. The van der Waals surface area contributed by atoms with Crippen LogP contribution in [0.25, 0.3) is 0 Å². The number of imidazole rings is 1. The Morgan fingerprint density at radius 2 is 2.32 bits per heavy atom. The lowest BCUT2D eigenvalue weighted by Gasteiger charge is -2.10. The van der Waals surface area contributed by atoms with Crippen molar-refractivity contribution in [2.24, 2.45) is 0 Å². The summed E-state index contributed by atoms with van der Waals surface area (Å²) >= 11 is 0. The molecule has 0 unspecified atom stereocenters. The van der Waals surface area contributed by atoms with Gasteiger partial charge in [0.15, 0.2) is 11.5 Å². The molecule has 0 fully saturated rings. The number of hydrogen-bond donors (Lipinski definition) is 3. The predicted molar refractivity (Wildman–Crippen MR) is 69.2 cm³/mol. The van der Waals surface area contributed by atoms with Crippen LogP contribution in [-0.2, 0) is 6.54 Å². The van der Waals surface area contributed by atoms with Gasteiger partial charge in [-0.3, -0.25) is 4.79 Å². The lowest BCUT2D eigenvalue weighted by Crippen LogP contribution is -2.23. The molecule has 19 heavy (non-hydrogen) atoms. The van der Waals surface area contributed by atoms with Crippen molar-refractivity contribution in [1.29, 1.82) is 0 Å². The van der Waals surface area contributed by atoms with E-state index in [0.29, 0.717) is 5.82 Å². The second kappa shape index (κ2) is 5.43.